The van der Waals surface area contributed by atoms with Crippen LogP contribution >= 0.6 is 15.9 Å². The van der Waals surface area contributed by atoms with Crippen molar-refractivity contribution in [3.05, 3.63) is 28.2 Å². The minimum Gasteiger partial charge on any atom is -0.393 e. The van der Waals surface area contributed by atoms with Gasteiger partial charge in [-0.1, -0.05) is 6.07 Å². The van der Waals surface area contributed by atoms with E-state index < -0.39 is 0 Å². The van der Waals surface area contributed by atoms with Crippen LogP contribution in [0.3, 0.4) is 0 Å². The highest BCUT2D eigenvalue weighted by atomic mass is 79.9. The molecule has 1 aromatic carbocycles. The number of aliphatic hydroxyl groups excluding tert-OH is 2. The molecule has 2 unspecified atom stereocenters. The molecule has 2 N–H and O–H groups in total. The molecule has 98 valence electrons. The van der Waals surface area contributed by atoms with E-state index in [1.165, 1.54) is 18.5 Å². The Morgan fingerprint density at radius 1 is 1.22 bits per heavy atom. The summed E-state index contributed by atoms with van der Waals surface area (Å²) < 4.78 is 1.04. The van der Waals surface area contributed by atoms with Crippen molar-refractivity contribution < 1.29 is 10.2 Å². The van der Waals surface area contributed by atoms with Gasteiger partial charge in [0.1, 0.15) is 0 Å². The van der Waals surface area contributed by atoms with Crippen LogP contribution in [0.15, 0.2) is 22.7 Å². The zero-order chi connectivity index (χ0) is 12.7. The van der Waals surface area contributed by atoms with Crippen molar-refractivity contribution in [3.63, 3.8) is 0 Å². The molecular formula is C14H18BrNO2. The maximum Gasteiger partial charge on any atom is 0.0682 e. The van der Waals surface area contributed by atoms with Crippen LogP contribution in [0, 0.1) is 0 Å². The van der Waals surface area contributed by atoms with Gasteiger partial charge < -0.3 is 15.1 Å². The highest BCUT2D eigenvalue weighted by Gasteiger charge is 2.40. The zero-order valence-corrected chi connectivity index (χ0v) is 11.8. The first-order valence-electron chi connectivity index (χ1n) is 6.54. The molecule has 2 saturated heterocycles. The van der Waals surface area contributed by atoms with Crippen molar-refractivity contribution in [3.8, 4) is 0 Å². The fraction of sp³-hybridized carbons (Fsp3) is 0.571. The van der Waals surface area contributed by atoms with Gasteiger partial charge in [0.25, 0.3) is 0 Å². The lowest BCUT2D eigenvalue weighted by Crippen LogP contribution is -2.45. The summed E-state index contributed by atoms with van der Waals surface area (Å²) in [6.45, 7) is 0.0739. The number of hydrogen-bond donors (Lipinski definition) is 2. The van der Waals surface area contributed by atoms with Gasteiger partial charge in [0, 0.05) is 16.6 Å². The number of fused-ring (bicyclic) bond motifs is 2. The number of aliphatic hydroxyl groups is 2. The van der Waals surface area contributed by atoms with Crippen LogP contribution in [0.4, 0.5) is 5.69 Å². The van der Waals surface area contributed by atoms with E-state index in [1.807, 2.05) is 12.1 Å². The Morgan fingerprint density at radius 3 is 2.44 bits per heavy atom. The third-order valence-corrected chi connectivity index (χ3v) is 4.82. The summed E-state index contributed by atoms with van der Waals surface area (Å²) >= 11 is 3.61. The molecular weight excluding hydrogens is 294 g/mol. The Morgan fingerprint density at radius 2 is 1.89 bits per heavy atom. The topological polar surface area (TPSA) is 43.7 Å². The van der Waals surface area contributed by atoms with E-state index in [0.29, 0.717) is 12.1 Å². The van der Waals surface area contributed by atoms with Gasteiger partial charge in [-0.25, -0.2) is 0 Å². The molecule has 2 aliphatic rings. The van der Waals surface area contributed by atoms with E-state index in [0.717, 1.165) is 22.9 Å². The first kappa shape index (κ1) is 12.5. The number of rotatable bonds is 2. The number of anilines is 1. The lowest BCUT2D eigenvalue weighted by atomic mass is 9.99. The van der Waals surface area contributed by atoms with Crippen molar-refractivity contribution in [2.24, 2.45) is 0 Å². The van der Waals surface area contributed by atoms with E-state index in [9.17, 15) is 5.11 Å². The molecule has 4 heteroatoms. The zero-order valence-electron chi connectivity index (χ0n) is 10.2. The van der Waals surface area contributed by atoms with Gasteiger partial charge >= 0.3 is 0 Å². The maximum atomic E-state index is 9.83. The van der Waals surface area contributed by atoms with E-state index >= 15 is 0 Å². The average molecular weight is 312 g/mol. The normalized spacial score (nSPS) is 30.8. The van der Waals surface area contributed by atoms with Crippen LogP contribution in [-0.2, 0) is 6.61 Å². The first-order valence-corrected chi connectivity index (χ1v) is 7.34. The molecule has 2 heterocycles. The fourth-order valence-corrected chi connectivity index (χ4v) is 4.03. The highest BCUT2D eigenvalue weighted by molar-refractivity contribution is 9.10. The highest BCUT2D eigenvalue weighted by Crippen LogP contribution is 2.42. The van der Waals surface area contributed by atoms with Crippen LogP contribution in [0.1, 0.15) is 31.2 Å². The summed E-state index contributed by atoms with van der Waals surface area (Å²) in [7, 11) is 0. The number of benzene rings is 1. The smallest absolute Gasteiger partial charge is 0.0682 e. The summed E-state index contributed by atoms with van der Waals surface area (Å²) in [5.74, 6) is 0. The van der Waals surface area contributed by atoms with Gasteiger partial charge in [0.05, 0.1) is 18.4 Å². The Bertz CT molecular complexity index is 437. The molecule has 0 saturated carbocycles. The SMILES string of the molecule is OCc1ccc(N2C3CCC2CC(O)C3)c(Br)c1. The molecule has 2 bridgehead atoms. The number of hydrogen-bond acceptors (Lipinski definition) is 3. The molecule has 18 heavy (non-hydrogen) atoms. The van der Waals surface area contributed by atoms with Crippen molar-refractivity contribution in [1.82, 2.24) is 0 Å². The Hall–Kier alpha value is -0.580. The second kappa shape index (κ2) is 4.83. The van der Waals surface area contributed by atoms with Crippen molar-refractivity contribution in [1.29, 1.82) is 0 Å². The Balaban J connectivity index is 1.91. The van der Waals surface area contributed by atoms with E-state index in [-0.39, 0.29) is 12.7 Å². The van der Waals surface area contributed by atoms with Crippen molar-refractivity contribution in [2.75, 3.05) is 4.90 Å². The Kier molecular flexibility index (Phi) is 3.34. The number of piperidine rings is 1. The van der Waals surface area contributed by atoms with Gasteiger partial charge in [-0.05, 0) is 59.3 Å². The number of nitrogens with zero attached hydrogens (tertiary/aromatic N) is 1. The molecule has 1 aromatic rings. The van der Waals surface area contributed by atoms with Crippen LogP contribution in [0.2, 0.25) is 0 Å². The largest absolute Gasteiger partial charge is 0.393 e. The molecule has 2 aliphatic heterocycles. The minimum atomic E-state index is -0.130. The molecule has 0 radical (unpaired) electrons. The van der Waals surface area contributed by atoms with Gasteiger partial charge in [-0.2, -0.15) is 0 Å². The van der Waals surface area contributed by atoms with Crippen LogP contribution < -0.4 is 4.90 Å². The molecule has 0 amide bonds. The molecule has 0 aliphatic carbocycles. The van der Waals surface area contributed by atoms with Crippen LogP contribution in [0.5, 0.6) is 0 Å². The fourth-order valence-electron chi connectivity index (χ4n) is 3.40. The molecule has 2 fully saturated rings. The summed E-state index contributed by atoms with van der Waals surface area (Å²) in [5, 5.41) is 19.0. The number of halogens is 1. The van der Waals surface area contributed by atoms with E-state index in [2.05, 4.69) is 26.9 Å². The van der Waals surface area contributed by atoms with Crippen molar-refractivity contribution >= 4 is 21.6 Å². The van der Waals surface area contributed by atoms with Gasteiger partial charge in [0.2, 0.25) is 0 Å². The lowest BCUT2D eigenvalue weighted by molar-refractivity contribution is 0.126. The van der Waals surface area contributed by atoms with Gasteiger partial charge in [0.15, 0.2) is 0 Å². The quantitative estimate of drug-likeness (QED) is 0.881. The van der Waals surface area contributed by atoms with Gasteiger partial charge in [-0.15, -0.1) is 0 Å². The summed E-state index contributed by atoms with van der Waals surface area (Å²) in [4.78, 5) is 2.46. The third kappa shape index (κ3) is 2.06. The minimum absolute atomic E-state index is 0.0739. The van der Waals surface area contributed by atoms with E-state index in [1.54, 1.807) is 0 Å². The standard InChI is InChI=1S/C14H18BrNO2/c15-13-5-9(8-17)1-4-14(13)16-10-2-3-11(16)7-12(18)6-10/h1,4-5,10-12,17-18H,2-3,6-8H2. The van der Waals surface area contributed by atoms with E-state index in [4.69, 9.17) is 5.11 Å². The predicted molar refractivity (Wildman–Crippen MR) is 74.6 cm³/mol. The predicted octanol–water partition coefficient (Wildman–Crippen LogP) is 2.43. The third-order valence-electron chi connectivity index (χ3n) is 4.18. The lowest BCUT2D eigenvalue weighted by Gasteiger charge is -2.39. The monoisotopic (exact) mass is 311 g/mol. The second-order valence-electron chi connectivity index (χ2n) is 5.36. The first-order chi connectivity index (χ1) is 8.69. The van der Waals surface area contributed by atoms with Gasteiger partial charge in [-0.3, -0.25) is 0 Å². The Labute approximate surface area is 116 Å². The second-order valence-corrected chi connectivity index (χ2v) is 6.22. The van der Waals surface area contributed by atoms with Crippen molar-refractivity contribution in [2.45, 2.75) is 50.5 Å². The average Bonchev–Trinajstić information content (AvgIpc) is 2.61. The molecule has 3 rings (SSSR count). The molecule has 0 spiro atoms. The molecule has 0 aromatic heterocycles. The summed E-state index contributed by atoms with van der Waals surface area (Å²) in [6, 6.07) is 6.98. The van der Waals surface area contributed by atoms with Crippen LogP contribution in [-0.4, -0.2) is 28.4 Å². The summed E-state index contributed by atoms with van der Waals surface area (Å²) in [6.07, 6.45) is 3.98. The van der Waals surface area contributed by atoms with Crippen LogP contribution in [0.25, 0.3) is 0 Å². The molecule has 2 atom stereocenters. The summed E-state index contributed by atoms with van der Waals surface area (Å²) in [5.41, 5.74) is 2.13. The maximum absolute atomic E-state index is 9.83. The molecule has 3 nitrogen and oxygen atoms in total.